The van der Waals surface area contributed by atoms with Crippen LogP contribution >= 0.6 is 11.6 Å². The number of nitro groups is 1. The Morgan fingerprint density at radius 3 is 2.18 bits per heavy atom. The quantitative estimate of drug-likeness (QED) is 0.297. The summed E-state index contributed by atoms with van der Waals surface area (Å²) in [4.78, 5) is 46.2. The highest BCUT2D eigenvalue weighted by Crippen LogP contribution is 2.25. The molecule has 146 valence electrons. The summed E-state index contributed by atoms with van der Waals surface area (Å²) in [6.45, 7) is -0.627. The van der Waals surface area contributed by atoms with Crippen LogP contribution in [0.25, 0.3) is 0 Å². The molecule has 0 radical (unpaired) electrons. The molecule has 0 spiro atoms. The minimum absolute atomic E-state index is 0.188. The summed E-state index contributed by atoms with van der Waals surface area (Å²) in [6, 6.07) is 7.27. The third kappa shape index (κ3) is 4.83. The zero-order chi connectivity index (χ0) is 20.8. The number of halogens is 1. The van der Waals surface area contributed by atoms with Crippen LogP contribution < -0.4 is 4.74 Å². The first-order valence-corrected chi connectivity index (χ1v) is 8.06. The summed E-state index contributed by atoms with van der Waals surface area (Å²) >= 11 is 5.95. The normalized spacial score (nSPS) is 10.1. The first-order chi connectivity index (χ1) is 13.3. The number of non-ortho nitro benzene ring substituents is 1. The van der Waals surface area contributed by atoms with Gasteiger partial charge in [0.05, 0.1) is 35.3 Å². The lowest BCUT2D eigenvalue weighted by atomic mass is 10.1. The van der Waals surface area contributed by atoms with Gasteiger partial charge in [-0.05, 0) is 24.3 Å². The fourth-order valence-electron chi connectivity index (χ4n) is 2.21. The molecule has 2 rings (SSSR count). The molecule has 0 aliphatic rings. The van der Waals surface area contributed by atoms with E-state index in [4.69, 9.17) is 21.1 Å². The number of esters is 2. The molecule has 2 aromatic carbocycles. The number of nitrogens with zero attached hydrogens (tertiary/aromatic N) is 1. The lowest BCUT2D eigenvalue weighted by Gasteiger charge is -2.08. The van der Waals surface area contributed by atoms with E-state index in [2.05, 4.69) is 4.74 Å². The maximum absolute atomic E-state index is 12.2. The van der Waals surface area contributed by atoms with Crippen molar-refractivity contribution in [2.24, 2.45) is 0 Å². The molecule has 0 fully saturated rings. The van der Waals surface area contributed by atoms with E-state index in [1.165, 1.54) is 25.3 Å². The zero-order valence-electron chi connectivity index (χ0n) is 14.8. The Hall–Kier alpha value is -3.46. The van der Waals surface area contributed by atoms with Gasteiger partial charge in [-0.1, -0.05) is 11.6 Å². The number of ketones is 1. The molecule has 0 saturated carbocycles. The van der Waals surface area contributed by atoms with Gasteiger partial charge >= 0.3 is 11.9 Å². The van der Waals surface area contributed by atoms with Gasteiger partial charge in [-0.3, -0.25) is 14.9 Å². The van der Waals surface area contributed by atoms with Crippen LogP contribution in [0.4, 0.5) is 5.69 Å². The molecule has 2 aromatic rings. The average Bonchev–Trinajstić information content (AvgIpc) is 2.70. The summed E-state index contributed by atoms with van der Waals surface area (Å²) in [6.07, 6.45) is 0. The monoisotopic (exact) mass is 407 g/mol. The van der Waals surface area contributed by atoms with Crippen molar-refractivity contribution in [2.75, 3.05) is 20.8 Å². The molecular weight excluding hydrogens is 394 g/mol. The van der Waals surface area contributed by atoms with E-state index in [1.54, 1.807) is 0 Å². The number of Topliss-reactive ketones (excluding diaryl/α,β-unsaturated/α-hetero) is 1. The molecule has 9 nitrogen and oxygen atoms in total. The van der Waals surface area contributed by atoms with Crippen LogP contribution in [0.2, 0.25) is 5.02 Å². The highest BCUT2D eigenvalue weighted by Gasteiger charge is 2.20. The smallest absolute Gasteiger partial charge is 0.338 e. The zero-order valence-corrected chi connectivity index (χ0v) is 15.5. The van der Waals surface area contributed by atoms with Crippen molar-refractivity contribution in [1.29, 1.82) is 0 Å². The highest BCUT2D eigenvalue weighted by molar-refractivity contribution is 6.32. The molecule has 0 aliphatic heterocycles. The topological polar surface area (TPSA) is 122 Å². The predicted molar refractivity (Wildman–Crippen MR) is 97.1 cm³/mol. The number of methoxy groups -OCH3 is 2. The summed E-state index contributed by atoms with van der Waals surface area (Å²) in [5, 5.41) is 11.2. The Bertz CT molecular complexity index is 957. The number of rotatable bonds is 7. The lowest BCUT2D eigenvalue weighted by Crippen LogP contribution is -2.15. The van der Waals surface area contributed by atoms with Gasteiger partial charge in [-0.15, -0.1) is 0 Å². The molecular formula is C18H14ClNO8. The van der Waals surface area contributed by atoms with Gasteiger partial charge in [0, 0.05) is 17.7 Å². The van der Waals surface area contributed by atoms with E-state index in [-0.39, 0.29) is 21.7 Å². The van der Waals surface area contributed by atoms with Crippen molar-refractivity contribution < 1.29 is 33.5 Å². The number of benzene rings is 2. The molecule has 0 saturated heterocycles. The van der Waals surface area contributed by atoms with Crippen molar-refractivity contribution in [3.63, 3.8) is 0 Å². The van der Waals surface area contributed by atoms with Crippen LogP contribution in [0, 0.1) is 10.1 Å². The Labute approximate surface area is 163 Å². The van der Waals surface area contributed by atoms with E-state index >= 15 is 0 Å². The Balaban J connectivity index is 2.17. The first-order valence-electron chi connectivity index (χ1n) is 7.68. The number of hydrogen-bond acceptors (Lipinski definition) is 8. The van der Waals surface area contributed by atoms with Gasteiger partial charge in [0.25, 0.3) is 5.69 Å². The molecule has 0 atom stereocenters. The molecule has 0 aromatic heterocycles. The predicted octanol–water partition coefficient (Wildman–Crippen LogP) is 3.08. The van der Waals surface area contributed by atoms with Crippen LogP contribution in [0.1, 0.15) is 31.1 Å². The molecule has 0 unspecified atom stereocenters. The standard InChI is InChI=1S/C18H14ClNO8/c1-26-16-4-3-10(8-14(16)19)15(21)9-28-18(23)12-5-11(17(22)27-2)6-13(7-12)20(24)25/h3-8H,9H2,1-2H3. The fourth-order valence-corrected chi connectivity index (χ4v) is 2.47. The van der Waals surface area contributed by atoms with Crippen molar-refractivity contribution >= 4 is 35.0 Å². The number of nitro benzene ring substituents is 1. The lowest BCUT2D eigenvalue weighted by molar-refractivity contribution is -0.384. The third-order valence-electron chi connectivity index (χ3n) is 3.59. The largest absolute Gasteiger partial charge is 0.495 e. The number of carbonyl (C=O) groups excluding carboxylic acids is 3. The van der Waals surface area contributed by atoms with E-state index in [0.717, 1.165) is 25.3 Å². The second-order valence-electron chi connectivity index (χ2n) is 5.37. The Morgan fingerprint density at radius 2 is 1.64 bits per heavy atom. The summed E-state index contributed by atoms with van der Waals surface area (Å²) < 4.78 is 14.4. The van der Waals surface area contributed by atoms with Crippen molar-refractivity contribution in [3.8, 4) is 5.75 Å². The first kappa shape index (κ1) is 20.8. The molecule has 0 aliphatic carbocycles. The number of hydrogen-bond donors (Lipinski definition) is 0. The summed E-state index contributed by atoms with van der Waals surface area (Å²) in [5.41, 5.74) is -0.775. The van der Waals surface area contributed by atoms with Crippen LogP contribution in [0.5, 0.6) is 5.75 Å². The van der Waals surface area contributed by atoms with Gasteiger partial charge in [0.15, 0.2) is 12.4 Å². The molecule has 0 amide bonds. The van der Waals surface area contributed by atoms with Crippen LogP contribution in [0.3, 0.4) is 0 Å². The van der Waals surface area contributed by atoms with Gasteiger partial charge in [-0.2, -0.15) is 0 Å². The maximum Gasteiger partial charge on any atom is 0.338 e. The Morgan fingerprint density at radius 1 is 1.00 bits per heavy atom. The maximum atomic E-state index is 12.2. The minimum atomic E-state index is -1.01. The van der Waals surface area contributed by atoms with E-state index in [1.807, 2.05) is 0 Å². The summed E-state index contributed by atoms with van der Waals surface area (Å²) in [5.74, 6) is -2.04. The SMILES string of the molecule is COC(=O)c1cc(C(=O)OCC(=O)c2ccc(OC)c(Cl)c2)cc([N+](=O)[O-])c1. The van der Waals surface area contributed by atoms with Crippen LogP contribution in [-0.2, 0) is 9.47 Å². The van der Waals surface area contributed by atoms with Gasteiger partial charge in [0.1, 0.15) is 5.75 Å². The van der Waals surface area contributed by atoms with E-state index in [0.29, 0.717) is 5.75 Å². The second-order valence-corrected chi connectivity index (χ2v) is 5.77. The molecule has 28 heavy (non-hydrogen) atoms. The molecule has 0 bridgehead atoms. The average molecular weight is 408 g/mol. The van der Waals surface area contributed by atoms with E-state index in [9.17, 15) is 24.5 Å². The molecule has 10 heteroatoms. The fraction of sp³-hybridized carbons (Fsp3) is 0.167. The third-order valence-corrected chi connectivity index (χ3v) is 3.89. The molecule has 0 N–H and O–H groups in total. The van der Waals surface area contributed by atoms with Crippen molar-refractivity contribution in [1.82, 2.24) is 0 Å². The second kappa shape index (κ2) is 8.96. The Kier molecular flexibility index (Phi) is 6.67. The molecule has 0 heterocycles. The minimum Gasteiger partial charge on any atom is -0.495 e. The van der Waals surface area contributed by atoms with Crippen LogP contribution in [-0.4, -0.2) is 43.5 Å². The van der Waals surface area contributed by atoms with E-state index < -0.39 is 34.9 Å². The summed E-state index contributed by atoms with van der Waals surface area (Å²) in [7, 11) is 2.52. The highest BCUT2D eigenvalue weighted by atomic mass is 35.5. The van der Waals surface area contributed by atoms with Gasteiger partial charge in [0.2, 0.25) is 0 Å². The van der Waals surface area contributed by atoms with Gasteiger partial charge in [-0.25, -0.2) is 9.59 Å². The number of carbonyl (C=O) groups is 3. The van der Waals surface area contributed by atoms with Gasteiger partial charge < -0.3 is 14.2 Å². The van der Waals surface area contributed by atoms with Crippen LogP contribution in [0.15, 0.2) is 36.4 Å². The van der Waals surface area contributed by atoms with Crippen molar-refractivity contribution in [2.45, 2.75) is 0 Å². The number of ether oxygens (including phenoxy) is 3. The van der Waals surface area contributed by atoms with Crippen molar-refractivity contribution in [3.05, 3.63) is 68.2 Å².